The Morgan fingerprint density at radius 3 is 2.66 bits per heavy atom. The molecule has 0 bridgehead atoms. The van der Waals surface area contributed by atoms with E-state index in [9.17, 15) is 9.18 Å². The van der Waals surface area contributed by atoms with Crippen molar-refractivity contribution in [1.82, 2.24) is 15.3 Å². The summed E-state index contributed by atoms with van der Waals surface area (Å²) in [5.41, 5.74) is 3.32. The topological polar surface area (TPSA) is 69.8 Å². The van der Waals surface area contributed by atoms with Crippen molar-refractivity contribution in [3.63, 3.8) is 0 Å². The van der Waals surface area contributed by atoms with Gasteiger partial charge in [-0.2, -0.15) is 0 Å². The van der Waals surface area contributed by atoms with Gasteiger partial charge in [0.2, 0.25) is 0 Å². The fraction of sp³-hybridized carbons (Fsp3) is 0.130. The summed E-state index contributed by atoms with van der Waals surface area (Å²) >= 11 is 0. The van der Waals surface area contributed by atoms with E-state index in [4.69, 9.17) is 0 Å². The zero-order chi connectivity index (χ0) is 20.1. The number of carbonyl (C=O) groups excluding carboxylic acids is 1. The molecule has 6 heteroatoms. The summed E-state index contributed by atoms with van der Waals surface area (Å²) in [5, 5.41) is 7.16. The number of halogens is 1. The van der Waals surface area contributed by atoms with Gasteiger partial charge in [0.1, 0.15) is 11.6 Å². The molecule has 0 aliphatic carbocycles. The molecule has 2 aromatic heterocycles. The van der Waals surface area contributed by atoms with Gasteiger partial charge in [0, 0.05) is 41.9 Å². The van der Waals surface area contributed by atoms with Crippen LogP contribution in [0.15, 0.2) is 73.1 Å². The summed E-state index contributed by atoms with van der Waals surface area (Å²) in [4.78, 5) is 19.8. The quantitative estimate of drug-likeness (QED) is 0.442. The third-order valence-corrected chi connectivity index (χ3v) is 4.80. The minimum atomic E-state index is -0.258. The highest BCUT2D eigenvalue weighted by Crippen LogP contribution is 2.17. The smallest absolute Gasteiger partial charge is 0.252 e. The highest BCUT2D eigenvalue weighted by Gasteiger charge is 2.08. The Hall–Kier alpha value is -3.67. The Balaban J connectivity index is 1.29. The number of H-pyrrole nitrogens is 1. The third-order valence-electron chi connectivity index (χ3n) is 4.80. The van der Waals surface area contributed by atoms with Crippen LogP contribution in [-0.2, 0) is 13.0 Å². The number of anilines is 1. The van der Waals surface area contributed by atoms with E-state index in [2.05, 4.69) is 26.7 Å². The normalized spacial score (nSPS) is 10.8. The minimum Gasteiger partial charge on any atom is -0.366 e. The highest BCUT2D eigenvalue weighted by atomic mass is 19.1. The van der Waals surface area contributed by atoms with Gasteiger partial charge in [-0.25, -0.2) is 9.37 Å². The number of pyridine rings is 1. The van der Waals surface area contributed by atoms with E-state index in [-0.39, 0.29) is 11.7 Å². The van der Waals surface area contributed by atoms with Gasteiger partial charge in [0.15, 0.2) is 0 Å². The zero-order valence-electron chi connectivity index (χ0n) is 15.8. The number of benzene rings is 2. The van der Waals surface area contributed by atoms with Gasteiger partial charge in [-0.15, -0.1) is 0 Å². The number of para-hydroxylation sites is 1. The minimum absolute atomic E-state index is 0.169. The summed E-state index contributed by atoms with van der Waals surface area (Å²) in [7, 11) is 0. The Morgan fingerprint density at radius 2 is 1.83 bits per heavy atom. The molecular weight excluding hydrogens is 367 g/mol. The Labute approximate surface area is 168 Å². The number of rotatable bonds is 7. The van der Waals surface area contributed by atoms with Crippen LogP contribution in [-0.4, -0.2) is 22.4 Å². The summed E-state index contributed by atoms with van der Waals surface area (Å²) < 4.78 is 13.7. The molecule has 0 spiro atoms. The number of nitrogens with one attached hydrogen (secondary N) is 3. The van der Waals surface area contributed by atoms with Gasteiger partial charge in [0.25, 0.3) is 5.91 Å². The van der Waals surface area contributed by atoms with E-state index in [0.717, 1.165) is 11.9 Å². The number of hydrogen-bond acceptors (Lipinski definition) is 3. The van der Waals surface area contributed by atoms with Gasteiger partial charge < -0.3 is 15.6 Å². The van der Waals surface area contributed by atoms with Gasteiger partial charge in [-0.1, -0.05) is 36.4 Å². The van der Waals surface area contributed by atoms with Crippen molar-refractivity contribution >= 4 is 22.6 Å². The molecule has 29 heavy (non-hydrogen) atoms. The van der Waals surface area contributed by atoms with Crippen LogP contribution in [0.5, 0.6) is 0 Å². The van der Waals surface area contributed by atoms with Crippen LogP contribution in [0, 0.1) is 5.82 Å². The average Bonchev–Trinajstić information content (AvgIpc) is 3.17. The highest BCUT2D eigenvalue weighted by molar-refractivity contribution is 5.94. The van der Waals surface area contributed by atoms with Crippen LogP contribution in [0.25, 0.3) is 10.9 Å². The van der Waals surface area contributed by atoms with E-state index in [1.54, 1.807) is 30.3 Å². The molecule has 1 amide bonds. The third kappa shape index (κ3) is 4.43. The number of hydrogen-bond donors (Lipinski definition) is 3. The van der Waals surface area contributed by atoms with Crippen LogP contribution >= 0.6 is 0 Å². The molecule has 4 rings (SSSR count). The maximum Gasteiger partial charge on any atom is 0.252 e. The van der Waals surface area contributed by atoms with Crippen LogP contribution in [0.4, 0.5) is 10.2 Å². The molecule has 0 aliphatic heterocycles. The second kappa shape index (κ2) is 8.56. The lowest BCUT2D eigenvalue weighted by molar-refractivity contribution is 0.0954. The standard InChI is InChI=1S/C23H21FN4O/c24-20-7-3-1-5-17(20)14-27-22-10-9-18(15-28-22)23(29)25-12-11-16-13-26-21-8-4-2-6-19(16)21/h1-10,13,15,26H,11-12,14H2,(H,25,29)(H,27,28). The van der Waals surface area contributed by atoms with E-state index >= 15 is 0 Å². The van der Waals surface area contributed by atoms with E-state index in [1.165, 1.54) is 23.2 Å². The predicted octanol–water partition coefficient (Wildman–Crippen LogP) is 4.29. The van der Waals surface area contributed by atoms with Crippen molar-refractivity contribution in [2.24, 2.45) is 0 Å². The summed E-state index contributed by atoms with van der Waals surface area (Å²) in [6, 6.07) is 18.1. The van der Waals surface area contributed by atoms with Crippen molar-refractivity contribution in [2.75, 3.05) is 11.9 Å². The van der Waals surface area contributed by atoms with Crippen molar-refractivity contribution < 1.29 is 9.18 Å². The van der Waals surface area contributed by atoms with Gasteiger partial charge in [0.05, 0.1) is 5.56 Å². The first-order chi connectivity index (χ1) is 14.2. The first-order valence-electron chi connectivity index (χ1n) is 9.47. The molecule has 0 saturated carbocycles. The van der Waals surface area contributed by atoms with E-state index in [0.29, 0.717) is 30.0 Å². The Bertz CT molecular complexity index is 1120. The average molecular weight is 388 g/mol. The van der Waals surface area contributed by atoms with E-state index in [1.807, 2.05) is 24.4 Å². The first-order valence-corrected chi connectivity index (χ1v) is 9.47. The molecule has 0 unspecified atom stereocenters. The Morgan fingerprint density at radius 1 is 1.00 bits per heavy atom. The predicted molar refractivity (Wildman–Crippen MR) is 112 cm³/mol. The monoisotopic (exact) mass is 388 g/mol. The first kappa shape index (κ1) is 18.7. The number of carbonyl (C=O) groups is 1. The van der Waals surface area contributed by atoms with Crippen molar-refractivity contribution in [3.8, 4) is 0 Å². The fourth-order valence-electron chi connectivity index (χ4n) is 3.21. The number of nitrogens with zero attached hydrogens (tertiary/aromatic N) is 1. The molecule has 2 aromatic carbocycles. The van der Waals surface area contributed by atoms with Gasteiger partial charge in [-0.3, -0.25) is 4.79 Å². The van der Waals surface area contributed by atoms with Gasteiger partial charge in [-0.05, 0) is 36.2 Å². The maximum atomic E-state index is 13.7. The van der Waals surface area contributed by atoms with Crippen LogP contribution in [0.3, 0.4) is 0 Å². The molecule has 4 aromatic rings. The lowest BCUT2D eigenvalue weighted by Gasteiger charge is -2.08. The van der Waals surface area contributed by atoms with Crippen LogP contribution in [0.2, 0.25) is 0 Å². The van der Waals surface area contributed by atoms with Crippen LogP contribution in [0.1, 0.15) is 21.5 Å². The number of aromatic nitrogens is 2. The Kier molecular flexibility index (Phi) is 5.52. The largest absolute Gasteiger partial charge is 0.366 e. The molecule has 146 valence electrons. The molecule has 3 N–H and O–H groups in total. The van der Waals surface area contributed by atoms with Crippen molar-refractivity contribution in [3.05, 3.63) is 95.6 Å². The zero-order valence-corrected chi connectivity index (χ0v) is 15.8. The molecule has 0 fully saturated rings. The number of aromatic amines is 1. The lowest BCUT2D eigenvalue weighted by Crippen LogP contribution is -2.25. The lowest BCUT2D eigenvalue weighted by atomic mass is 10.1. The van der Waals surface area contributed by atoms with Crippen molar-refractivity contribution in [1.29, 1.82) is 0 Å². The second-order valence-corrected chi connectivity index (χ2v) is 6.74. The summed E-state index contributed by atoms with van der Waals surface area (Å²) in [6.07, 6.45) is 4.24. The summed E-state index contributed by atoms with van der Waals surface area (Å²) in [6.45, 7) is 0.865. The molecule has 2 heterocycles. The van der Waals surface area contributed by atoms with Gasteiger partial charge >= 0.3 is 0 Å². The maximum absolute atomic E-state index is 13.7. The number of amides is 1. The molecule has 5 nitrogen and oxygen atoms in total. The molecule has 0 atom stereocenters. The van der Waals surface area contributed by atoms with Crippen LogP contribution < -0.4 is 10.6 Å². The second-order valence-electron chi connectivity index (χ2n) is 6.74. The summed E-state index contributed by atoms with van der Waals surface area (Å²) in [5.74, 6) is 0.160. The molecular formula is C23H21FN4O. The SMILES string of the molecule is O=C(NCCc1c[nH]c2ccccc12)c1ccc(NCc2ccccc2F)nc1. The molecule has 0 aliphatic rings. The molecule has 0 saturated heterocycles. The van der Waals surface area contributed by atoms with E-state index < -0.39 is 0 Å². The van der Waals surface area contributed by atoms with Crippen molar-refractivity contribution in [2.45, 2.75) is 13.0 Å². The fourth-order valence-corrected chi connectivity index (χ4v) is 3.21. The molecule has 0 radical (unpaired) electrons. The number of fused-ring (bicyclic) bond motifs is 1.